The molecule has 2 rings (SSSR count). The van der Waals surface area contributed by atoms with Crippen LogP contribution in [0.1, 0.15) is 0 Å². The Morgan fingerprint density at radius 3 is 2.65 bits per heavy atom. The highest BCUT2D eigenvalue weighted by atomic mass is 19.1. The molecule has 0 saturated heterocycles. The van der Waals surface area contributed by atoms with Gasteiger partial charge in [-0.1, -0.05) is 12.1 Å². The molecule has 0 atom stereocenters. The first-order chi connectivity index (χ1) is 8.18. The molecule has 0 spiro atoms. The second-order valence-electron chi connectivity index (χ2n) is 3.34. The summed E-state index contributed by atoms with van der Waals surface area (Å²) in [6.07, 6.45) is 1.53. The molecule has 0 bridgehead atoms. The molecule has 0 saturated carbocycles. The van der Waals surface area contributed by atoms with Gasteiger partial charge in [-0.2, -0.15) is 0 Å². The number of rotatable bonds is 2. The van der Waals surface area contributed by atoms with Crippen molar-refractivity contribution in [3.05, 3.63) is 54.5 Å². The number of pyridine rings is 1. The largest absolute Gasteiger partial charge is 0.351 e. The number of benzene rings is 1. The number of urea groups is 1. The standard InChI is InChI=1S/C12H10FN3O/c13-9-4-3-5-10(8-9)16(12(14)17)11-6-1-2-7-15-11/h1-8H,(H2,14,17). The van der Waals surface area contributed by atoms with Crippen molar-refractivity contribution in [3.63, 3.8) is 0 Å². The second-order valence-corrected chi connectivity index (χ2v) is 3.34. The smallest absolute Gasteiger partial charge is 0.325 e. The monoisotopic (exact) mass is 231 g/mol. The molecule has 0 radical (unpaired) electrons. The summed E-state index contributed by atoms with van der Waals surface area (Å²) >= 11 is 0. The van der Waals surface area contributed by atoms with E-state index in [9.17, 15) is 9.18 Å². The van der Waals surface area contributed by atoms with Crippen molar-refractivity contribution in [2.24, 2.45) is 5.73 Å². The van der Waals surface area contributed by atoms with Crippen molar-refractivity contribution in [3.8, 4) is 0 Å². The van der Waals surface area contributed by atoms with Crippen LogP contribution >= 0.6 is 0 Å². The van der Waals surface area contributed by atoms with Crippen LogP contribution in [-0.2, 0) is 0 Å². The summed E-state index contributed by atoms with van der Waals surface area (Å²) in [5.41, 5.74) is 5.62. The van der Waals surface area contributed by atoms with Gasteiger partial charge in [-0.05, 0) is 30.3 Å². The molecule has 0 unspecified atom stereocenters. The zero-order valence-corrected chi connectivity index (χ0v) is 8.88. The van der Waals surface area contributed by atoms with Gasteiger partial charge >= 0.3 is 6.03 Å². The van der Waals surface area contributed by atoms with Gasteiger partial charge in [0.15, 0.2) is 0 Å². The van der Waals surface area contributed by atoms with Gasteiger partial charge in [-0.15, -0.1) is 0 Å². The van der Waals surface area contributed by atoms with E-state index in [1.165, 1.54) is 24.4 Å². The van der Waals surface area contributed by atoms with Gasteiger partial charge in [0.1, 0.15) is 11.6 Å². The molecule has 4 nitrogen and oxygen atoms in total. The van der Waals surface area contributed by atoms with E-state index in [4.69, 9.17) is 5.73 Å². The Balaban J connectivity index is 2.47. The molecular formula is C12H10FN3O. The van der Waals surface area contributed by atoms with Crippen molar-refractivity contribution in [1.82, 2.24) is 4.98 Å². The summed E-state index contributed by atoms with van der Waals surface area (Å²) in [5, 5.41) is 0. The van der Waals surface area contributed by atoms with Crippen molar-refractivity contribution < 1.29 is 9.18 Å². The average Bonchev–Trinajstić information content (AvgIpc) is 2.30. The van der Waals surface area contributed by atoms with E-state index in [-0.39, 0.29) is 0 Å². The maximum absolute atomic E-state index is 13.1. The van der Waals surface area contributed by atoms with Crippen LogP contribution in [0.25, 0.3) is 0 Å². The number of halogens is 1. The van der Waals surface area contributed by atoms with E-state index < -0.39 is 11.8 Å². The van der Waals surface area contributed by atoms with Crippen LogP contribution in [0.3, 0.4) is 0 Å². The summed E-state index contributed by atoms with van der Waals surface area (Å²) < 4.78 is 13.1. The zero-order valence-electron chi connectivity index (χ0n) is 8.88. The Hall–Kier alpha value is -2.43. The van der Waals surface area contributed by atoms with Gasteiger partial charge in [-0.3, -0.25) is 0 Å². The topological polar surface area (TPSA) is 59.2 Å². The maximum Gasteiger partial charge on any atom is 0.325 e. The lowest BCUT2D eigenvalue weighted by molar-refractivity contribution is 0.256. The molecule has 17 heavy (non-hydrogen) atoms. The van der Waals surface area contributed by atoms with E-state index in [0.29, 0.717) is 11.5 Å². The zero-order chi connectivity index (χ0) is 12.3. The summed E-state index contributed by atoms with van der Waals surface area (Å²) in [4.78, 5) is 16.5. The van der Waals surface area contributed by atoms with E-state index in [2.05, 4.69) is 4.98 Å². The molecule has 0 fully saturated rings. The van der Waals surface area contributed by atoms with Crippen LogP contribution in [0, 0.1) is 5.82 Å². The molecule has 5 heteroatoms. The van der Waals surface area contributed by atoms with Crippen LogP contribution in [0.4, 0.5) is 20.7 Å². The van der Waals surface area contributed by atoms with Crippen molar-refractivity contribution in [2.75, 3.05) is 4.90 Å². The molecule has 2 N–H and O–H groups in total. The fourth-order valence-corrected chi connectivity index (χ4v) is 1.47. The summed E-state index contributed by atoms with van der Waals surface area (Å²) in [7, 11) is 0. The predicted octanol–water partition coefficient (Wildman–Crippen LogP) is 2.44. The maximum atomic E-state index is 13.1. The van der Waals surface area contributed by atoms with Crippen molar-refractivity contribution in [1.29, 1.82) is 0 Å². The average molecular weight is 231 g/mol. The van der Waals surface area contributed by atoms with Crippen LogP contribution in [0.15, 0.2) is 48.7 Å². The Labute approximate surface area is 97.5 Å². The van der Waals surface area contributed by atoms with E-state index >= 15 is 0 Å². The number of nitrogens with zero attached hydrogens (tertiary/aromatic N) is 2. The third-order valence-corrected chi connectivity index (χ3v) is 2.17. The first-order valence-corrected chi connectivity index (χ1v) is 4.94. The second kappa shape index (κ2) is 4.61. The van der Waals surface area contributed by atoms with Gasteiger partial charge in [0, 0.05) is 6.20 Å². The minimum atomic E-state index is -0.714. The summed E-state index contributed by atoms with van der Waals surface area (Å²) in [5.74, 6) is -0.0877. The van der Waals surface area contributed by atoms with Gasteiger partial charge in [0.25, 0.3) is 0 Å². The number of primary amides is 1. The summed E-state index contributed by atoms with van der Waals surface area (Å²) in [6, 6.07) is 9.95. The van der Waals surface area contributed by atoms with E-state index in [0.717, 1.165) is 4.90 Å². The summed E-state index contributed by atoms with van der Waals surface area (Å²) in [6.45, 7) is 0. The molecule has 0 aliphatic carbocycles. The quantitative estimate of drug-likeness (QED) is 0.862. The minimum Gasteiger partial charge on any atom is -0.351 e. The van der Waals surface area contributed by atoms with Crippen LogP contribution < -0.4 is 10.6 Å². The lowest BCUT2D eigenvalue weighted by Gasteiger charge is -2.19. The molecule has 0 aliphatic rings. The highest BCUT2D eigenvalue weighted by molar-refractivity contribution is 5.97. The fourth-order valence-electron chi connectivity index (χ4n) is 1.47. The lowest BCUT2D eigenvalue weighted by atomic mass is 10.3. The SMILES string of the molecule is NC(=O)N(c1cccc(F)c1)c1ccccn1. The van der Waals surface area contributed by atoms with Gasteiger partial charge < -0.3 is 5.73 Å². The third kappa shape index (κ3) is 2.39. The number of carbonyl (C=O) groups excluding carboxylic acids is 1. The van der Waals surface area contributed by atoms with E-state index in [1.54, 1.807) is 24.3 Å². The van der Waals surface area contributed by atoms with Gasteiger partial charge in [0.2, 0.25) is 0 Å². The lowest BCUT2D eigenvalue weighted by Crippen LogP contribution is -2.32. The van der Waals surface area contributed by atoms with Gasteiger partial charge in [-0.25, -0.2) is 19.1 Å². The highest BCUT2D eigenvalue weighted by Gasteiger charge is 2.16. The molecule has 1 heterocycles. The molecule has 2 aromatic rings. The van der Waals surface area contributed by atoms with Crippen LogP contribution in [0.5, 0.6) is 0 Å². The Morgan fingerprint density at radius 1 is 1.24 bits per heavy atom. The number of anilines is 2. The fraction of sp³-hybridized carbons (Fsp3) is 0. The van der Waals surface area contributed by atoms with Crippen LogP contribution in [0.2, 0.25) is 0 Å². The van der Waals surface area contributed by atoms with Crippen molar-refractivity contribution in [2.45, 2.75) is 0 Å². The molecule has 1 aromatic carbocycles. The number of carbonyl (C=O) groups is 1. The first-order valence-electron chi connectivity index (χ1n) is 4.94. The number of amides is 2. The Morgan fingerprint density at radius 2 is 2.06 bits per heavy atom. The van der Waals surface area contributed by atoms with Gasteiger partial charge in [0.05, 0.1) is 5.69 Å². The Bertz CT molecular complexity index is 530. The van der Waals surface area contributed by atoms with E-state index in [1.807, 2.05) is 0 Å². The normalized spacial score (nSPS) is 9.94. The third-order valence-electron chi connectivity index (χ3n) is 2.17. The predicted molar refractivity (Wildman–Crippen MR) is 62.4 cm³/mol. The molecule has 86 valence electrons. The highest BCUT2D eigenvalue weighted by Crippen LogP contribution is 2.23. The first kappa shape index (κ1) is 11.1. The molecule has 2 amide bonds. The van der Waals surface area contributed by atoms with Crippen molar-refractivity contribution >= 4 is 17.5 Å². The van der Waals surface area contributed by atoms with Crippen LogP contribution in [-0.4, -0.2) is 11.0 Å². The minimum absolute atomic E-state index is 0.344. The number of nitrogens with two attached hydrogens (primary N) is 1. The number of hydrogen-bond donors (Lipinski definition) is 1. The molecular weight excluding hydrogens is 221 g/mol. The number of hydrogen-bond acceptors (Lipinski definition) is 2. The molecule has 1 aromatic heterocycles. The Kier molecular flexibility index (Phi) is 3.00. The number of aromatic nitrogens is 1. The molecule has 0 aliphatic heterocycles.